The van der Waals surface area contributed by atoms with E-state index in [0.717, 1.165) is 25.7 Å². The van der Waals surface area contributed by atoms with Crippen molar-refractivity contribution < 1.29 is 13.2 Å². The normalized spacial score (nSPS) is 23.0. The lowest BCUT2D eigenvalue weighted by molar-refractivity contribution is 0.0633. The number of aryl methyl sites for hydroxylation is 1. The van der Waals surface area contributed by atoms with Crippen molar-refractivity contribution in [2.75, 3.05) is 13.1 Å². The predicted octanol–water partition coefficient (Wildman–Crippen LogP) is 1.18. The highest BCUT2D eigenvalue weighted by Gasteiger charge is 2.44. The Hall–Kier alpha value is -2.19. The first kappa shape index (κ1) is 16.3. The maximum Gasteiger partial charge on any atom is 0.253 e. The van der Waals surface area contributed by atoms with Crippen LogP contribution in [-0.4, -0.2) is 42.5 Å². The number of sulfonamides is 1. The number of hydrogen-bond donors (Lipinski definition) is 2. The van der Waals surface area contributed by atoms with Gasteiger partial charge in [-0.15, -0.1) is 0 Å². The van der Waals surface area contributed by atoms with Crippen molar-refractivity contribution >= 4 is 15.9 Å². The molecule has 2 aromatic rings. The van der Waals surface area contributed by atoms with Crippen molar-refractivity contribution in [3.8, 4) is 0 Å². The molecule has 132 valence electrons. The van der Waals surface area contributed by atoms with Gasteiger partial charge >= 0.3 is 0 Å². The molecule has 1 fully saturated rings. The molecular formula is C17H20N4O3S. The van der Waals surface area contributed by atoms with Crippen molar-refractivity contribution in [2.45, 2.75) is 36.0 Å². The van der Waals surface area contributed by atoms with E-state index in [1.54, 1.807) is 0 Å². The zero-order valence-corrected chi connectivity index (χ0v) is 14.6. The number of nitrogens with one attached hydrogen (secondary N) is 1. The number of primary sulfonamides is 1. The van der Waals surface area contributed by atoms with Gasteiger partial charge in [0.25, 0.3) is 5.91 Å². The Morgan fingerprint density at radius 1 is 1.24 bits per heavy atom. The number of carbonyl (C=O) groups is 1. The van der Waals surface area contributed by atoms with Crippen molar-refractivity contribution in [2.24, 2.45) is 5.14 Å². The monoisotopic (exact) mass is 360 g/mol. The van der Waals surface area contributed by atoms with Crippen molar-refractivity contribution in [3.63, 3.8) is 0 Å². The van der Waals surface area contributed by atoms with Crippen LogP contribution in [0.5, 0.6) is 0 Å². The van der Waals surface area contributed by atoms with E-state index in [-0.39, 0.29) is 16.2 Å². The fourth-order valence-electron chi connectivity index (χ4n) is 4.14. The topological polar surface area (TPSA) is 109 Å². The Morgan fingerprint density at radius 2 is 2.00 bits per heavy atom. The molecule has 1 aliphatic heterocycles. The van der Waals surface area contributed by atoms with Crippen molar-refractivity contribution in [1.82, 2.24) is 15.1 Å². The van der Waals surface area contributed by atoms with Crippen LogP contribution in [0.3, 0.4) is 0 Å². The molecule has 0 radical (unpaired) electrons. The van der Waals surface area contributed by atoms with Crippen LogP contribution in [0.15, 0.2) is 35.4 Å². The number of aromatic amines is 1. The number of rotatable bonds is 2. The average Bonchev–Trinajstić information content (AvgIpc) is 3.19. The quantitative estimate of drug-likeness (QED) is 0.838. The minimum absolute atomic E-state index is 0.0112. The third-order valence-electron chi connectivity index (χ3n) is 5.41. The smallest absolute Gasteiger partial charge is 0.253 e. The van der Waals surface area contributed by atoms with E-state index in [0.29, 0.717) is 18.7 Å². The SMILES string of the molecule is NS(=O)(=O)c1ccc(C(=O)N2CCCC3(CCc4cn[nH]c43)C2)cc1. The van der Waals surface area contributed by atoms with Crippen LogP contribution in [0, 0.1) is 0 Å². The molecule has 1 aromatic heterocycles. The molecule has 1 spiro atoms. The molecule has 1 atom stereocenters. The van der Waals surface area contributed by atoms with Gasteiger partial charge in [-0.3, -0.25) is 9.89 Å². The van der Waals surface area contributed by atoms with Crippen molar-refractivity contribution in [1.29, 1.82) is 0 Å². The second-order valence-corrected chi connectivity index (χ2v) is 8.51. The number of hydrogen-bond acceptors (Lipinski definition) is 4. The minimum Gasteiger partial charge on any atom is -0.338 e. The molecule has 8 heteroatoms. The number of nitrogens with zero attached hydrogens (tertiary/aromatic N) is 2. The summed E-state index contributed by atoms with van der Waals surface area (Å²) in [7, 11) is -3.75. The first-order valence-electron chi connectivity index (χ1n) is 8.34. The fourth-order valence-corrected chi connectivity index (χ4v) is 4.66. The van der Waals surface area contributed by atoms with E-state index in [1.165, 1.54) is 35.5 Å². The third-order valence-corrected chi connectivity index (χ3v) is 6.34. The van der Waals surface area contributed by atoms with Crippen LogP contribution in [0.25, 0.3) is 0 Å². The van der Waals surface area contributed by atoms with Gasteiger partial charge in [-0.05, 0) is 55.5 Å². The molecule has 0 bridgehead atoms. The van der Waals surface area contributed by atoms with Crippen LogP contribution in [0.2, 0.25) is 0 Å². The highest BCUT2D eigenvalue weighted by Crippen LogP contribution is 2.44. The van der Waals surface area contributed by atoms with Gasteiger partial charge in [-0.1, -0.05) is 0 Å². The van der Waals surface area contributed by atoms with E-state index in [2.05, 4.69) is 10.2 Å². The number of nitrogens with two attached hydrogens (primary N) is 1. The summed E-state index contributed by atoms with van der Waals surface area (Å²) in [6.07, 6.45) is 5.91. The maximum atomic E-state index is 12.9. The number of likely N-dealkylation sites (tertiary alicyclic amines) is 1. The molecule has 3 N–H and O–H groups in total. The minimum atomic E-state index is -3.75. The molecule has 1 saturated heterocycles. The molecule has 1 aromatic carbocycles. The average molecular weight is 360 g/mol. The number of aromatic nitrogens is 2. The molecular weight excluding hydrogens is 340 g/mol. The van der Waals surface area contributed by atoms with Gasteiger partial charge < -0.3 is 4.90 Å². The summed E-state index contributed by atoms with van der Waals surface area (Å²) >= 11 is 0. The second-order valence-electron chi connectivity index (χ2n) is 6.95. The zero-order chi connectivity index (χ0) is 17.7. The molecule has 0 saturated carbocycles. The maximum absolute atomic E-state index is 12.9. The lowest BCUT2D eigenvalue weighted by Crippen LogP contribution is -2.47. The number of fused-ring (bicyclic) bond motifs is 2. The number of carbonyl (C=O) groups excluding carboxylic acids is 1. The van der Waals surface area contributed by atoms with E-state index in [9.17, 15) is 13.2 Å². The lowest BCUT2D eigenvalue weighted by Gasteiger charge is -2.40. The van der Waals surface area contributed by atoms with E-state index in [1.807, 2.05) is 11.1 Å². The fraction of sp³-hybridized carbons (Fsp3) is 0.412. The Bertz CT molecular complexity index is 920. The van der Waals surface area contributed by atoms with Crippen LogP contribution >= 0.6 is 0 Å². The highest BCUT2D eigenvalue weighted by molar-refractivity contribution is 7.89. The summed E-state index contributed by atoms with van der Waals surface area (Å²) in [5, 5.41) is 12.4. The summed E-state index contributed by atoms with van der Waals surface area (Å²) in [6.45, 7) is 1.37. The molecule has 1 aliphatic carbocycles. The summed E-state index contributed by atoms with van der Waals surface area (Å²) in [5.41, 5.74) is 2.88. The first-order valence-corrected chi connectivity index (χ1v) is 9.89. The second kappa shape index (κ2) is 5.67. The van der Waals surface area contributed by atoms with E-state index < -0.39 is 10.0 Å². The molecule has 2 heterocycles. The highest BCUT2D eigenvalue weighted by atomic mass is 32.2. The van der Waals surface area contributed by atoms with Crippen LogP contribution in [0.4, 0.5) is 0 Å². The van der Waals surface area contributed by atoms with Crippen molar-refractivity contribution in [3.05, 3.63) is 47.3 Å². The van der Waals surface area contributed by atoms with E-state index in [4.69, 9.17) is 5.14 Å². The Morgan fingerprint density at radius 3 is 2.72 bits per heavy atom. The number of piperidine rings is 1. The van der Waals surface area contributed by atoms with Gasteiger partial charge in [-0.25, -0.2) is 13.6 Å². The largest absolute Gasteiger partial charge is 0.338 e. The molecule has 2 aliphatic rings. The predicted molar refractivity (Wildman–Crippen MR) is 91.5 cm³/mol. The lowest BCUT2D eigenvalue weighted by atomic mass is 9.77. The van der Waals surface area contributed by atoms with Gasteiger partial charge in [0, 0.05) is 29.8 Å². The van der Waals surface area contributed by atoms with Gasteiger partial charge in [0.1, 0.15) is 0 Å². The molecule has 1 amide bonds. The van der Waals surface area contributed by atoms with Gasteiger partial charge in [0.15, 0.2) is 0 Å². The summed E-state index contributed by atoms with van der Waals surface area (Å²) in [4.78, 5) is 14.7. The van der Waals surface area contributed by atoms with Gasteiger partial charge in [-0.2, -0.15) is 5.10 Å². The Labute approximate surface area is 146 Å². The Balaban J connectivity index is 1.57. The van der Waals surface area contributed by atoms with Crippen LogP contribution < -0.4 is 5.14 Å². The van der Waals surface area contributed by atoms with Crippen LogP contribution in [-0.2, 0) is 21.9 Å². The molecule has 1 unspecified atom stereocenters. The molecule has 25 heavy (non-hydrogen) atoms. The number of H-pyrrole nitrogens is 1. The van der Waals surface area contributed by atoms with Gasteiger partial charge in [0.2, 0.25) is 10.0 Å². The summed E-state index contributed by atoms with van der Waals surface area (Å²) < 4.78 is 22.7. The molecule has 7 nitrogen and oxygen atoms in total. The zero-order valence-electron chi connectivity index (χ0n) is 13.7. The third kappa shape index (κ3) is 2.75. The summed E-state index contributed by atoms with van der Waals surface area (Å²) in [6, 6.07) is 5.81. The van der Waals surface area contributed by atoms with Crippen LogP contribution in [0.1, 0.15) is 40.9 Å². The Kier molecular flexibility index (Phi) is 3.69. The van der Waals surface area contributed by atoms with E-state index >= 15 is 0 Å². The standard InChI is InChI=1S/C17H20N4O3S/c18-25(23,24)14-4-2-12(3-5-14)16(22)21-9-1-7-17(11-21)8-6-13-10-19-20-15(13)17/h2-5,10H,1,6-9,11H2,(H,19,20)(H2,18,23,24). The number of amides is 1. The first-order chi connectivity index (χ1) is 11.9. The molecule has 4 rings (SSSR count). The number of benzene rings is 1. The van der Waals surface area contributed by atoms with Gasteiger partial charge in [0.05, 0.1) is 11.1 Å². The summed E-state index contributed by atoms with van der Waals surface area (Å²) in [5.74, 6) is -0.0759.